The van der Waals surface area contributed by atoms with Crippen molar-refractivity contribution < 1.29 is 14.6 Å². The third-order valence-corrected chi connectivity index (χ3v) is 9.42. The summed E-state index contributed by atoms with van der Waals surface area (Å²) in [5.41, 5.74) is 5.77. The Morgan fingerprint density at radius 1 is 1.31 bits per heavy atom. The first-order chi connectivity index (χ1) is 17.3. The summed E-state index contributed by atoms with van der Waals surface area (Å²) in [6, 6.07) is 10.4. The van der Waals surface area contributed by atoms with Crippen molar-refractivity contribution in [3.63, 3.8) is 0 Å². The molecular weight excluding hydrogens is 448 g/mol. The molecule has 5 nitrogen and oxygen atoms in total. The number of amides is 1. The van der Waals surface area contributed by atoms with Crippen molar-refractivity contribution in [1.82, 2.24) is 9.80 Å². The fourth-order valence-electron chi connectivity index (χ4n) is 7.88. The van der Waals surface area contributed by atoms with Crippen molar-refractivity contribution >= 4 is 12.0 Å². The van der Waals surface area contributed by atoms with Crippen molar-refractivity contribution in [2.75, 3.05) is 20.1 Å². The largest absolute Gasteiger partial charge is 0.504 e. The molecule has 1 saturated heterocycles. The van der Waals surface area contributed by atoms with E-state index in [2.05, 4.69) is 37.5 Å². The Hall–Kier alpha value is -3.05. The highest BCUT2D eigenvalue weighted by Crippen LogP contribution is 2.64. The molecule has 5 heteroatoms. The molecule has 36 heavy (non-hydrogen) atoms. The molecular formula is C31H36N2O3. The third kappa shape index (κ3) is 3.28. The summed E-state index contributed by atoms with van der Waals surface area (Å²) < 4.78 is 6.72. The van der Waals surface area contributed by atoms with Crippen molar-refractivity contribution in [3.8, 4) is 11.5 Å². The lowest BCUT2D eigenvalue weighted by atomic mass is 9.50. The normalized spacial score (nSPS) is 30.1. The number of carbonyl (C=O) groups excluding carboxylic acids is 1. The smallest absolute Gasteiger partial charge is 0.246 e. The van der Waals surface area contributed by atoms with Gasteiger partial charge in [-0.05, 0) is 80.8 Å². The van der Waals surface area contributed by atoms with Gasteiger partial charge in [0.15, 0.2) is 11.5 Å². The average Bonchev–Trinajstić information content (AvgIpc) is 3.20. The van der Waals surface area contributed by atoms with Crippen LogP contribution in [0.1, 0.15) is 47.1 Å². The molecule has 2 aliphatic carbocycles. The molecule has 1 spiro atoms. The van der Waals surface area contributed by atoms with Gasteiger partial charge < -0.3 is 14.7 Å². The second-order valence-electron chi connectivity index (χ2n) is 11.2. The van der Waals surface area contributed by atoms with Crippen LogP contribution in [0.3, 0.4) is 0 Å². The summed E-state index contributed by atoms with van der Waals surface area (Å²) in [6.45, 7) is 10.1. The SMILES string of the molecule is C=CCN1CC[C@]23c4c5c(C)cc(O)c4O[C@H]2[C@H](N(C)C(=O)C=Cc2cccc(C)c2)CC[C@H]3[C@H]1C5. The highest BCUT2D eigenvalue weighted by molar-refractivity contribution is 5.92. The number of phenolic OH excluding ortho intramolecular Hbond substituents is 1. The number of hydrogen-bond acceptors (Lipinski definition) is 4. The molecule has 6 rings (SSSR count). The fraction of sp³-hybridized carbons (Fsp3) is 0.452. The first-order valence-corrected chi connectivity index (χ1v) is 13.2. The molecule has 2 fully saturated rings. The van der Waals surface area contributed by atoms with Crippen LogP contribution in [0.25, 0.3) is 6.08 Å². The van der Waals surface area contributed by atoms with E-state index in [0.29, 0.717) is 17.7 Å². The number of nitrogens with zero attached hydrogens (tertiary/aromatic N) is 2. The zero-order valence-corrected chi connectivity index (χ0v) is 21.5. The summed E-state index contributed by atoms with van der Waals surface area (Å²) in [6.07, 6.45) is 9.38. The molecule has 0 unspecified atom stereocenters. The number of likely N-dealkylation sites (N-methyl/N-ethyl adjacent to an activating group) is 1. The van der Waals surface area contributed by atoms with Crippen molar-refractivity contribution in [2.24, 2.45) is 5.92 Å². The Balaban J connectivity index is 1.37. The number of piperidine rings is 1. The molecule has 1 N–H and O–H groups in total. The Morgan fingerprint density at radius 2 is 2.14 bits per heavy atom. The first-order valence-electron chi connectivity index (χ1n) is 13.2. The van der Waals surface area contributed by atoms with Crippen LogP contribution in [0.2, 0.25) is 0 Å². The number of aromatic hydroxyl groups is 1. The van der Waals surface area contributed by atoms with Crippen LogP contribution in [0.5, 0.6) is 11.5 Å². The topological polar surface area (TPSA) is 53.0 Å². The van der Waals surface area contributed by atoms with Crippen LogP contribution in [-0.2, 0) is 16.6 Å². The fourth-order valence-corrected chi connectivity index (χ4v) is 7.88. The molecule has 2 aliphatic heterocycles. The Kier molecular flexibility index (Phi) is 5.52. The summed E-state index contributed by atoms with van der Waals surface area (Å²) >= 11 is 0. The van der Waals surface area contributed by atoms with Gasteiger partial charge in [0.1, 0.15) is 6.10 Å². The maximum absolute atomic E-state index is 13.4. The van der Waals surface area contributed by atoms with E-state index in [-0.39, 0.29) is 29.2 Å². The van der Waals surface area contributed by atoms with E-state index < -0.39 is 0 Å². The molecule has 0 radical (unpaired) electrons. The third-order valence-electron chi connectivity index (χ3n) is 9.42. The van der Waals surface area contributed by atoms with Crippen LogP contribution in [0.4, 0.5) is 0 Å². The number of phenols is 1. The van der Waals surface area contributed by atoms with Gasteiger partial charge in [-0.25, -0.2) is 0 Å². The van der Waals surface area contributed by atoms with Gasteiger partial charge in [-0.15, -0.1) is 6.58 Å². The Labute approximate surface area is 214 Å². The number of aryl methyl sites for hydroxylation is 2. The predicted octanol–water partition coefficient (Wildman–Crippen LogP) is 4.77. The first kappa shape index (κ1) is 23.4. The summed E-state index contributed by atoms with van der Waals surface area (Å²) in [4.78, 5) is 17.8. The molecule has 2 aromatic rings. The van der Waals surface area contributed by atoms with E-state index in [1.807, 2.05) is 42.3 Å². The molecule has 4 aliphatic rings. The van der Waals surface area contributed by atoms with Crippen molar-refractivity contribution in [1.29, 1.82) is 0 Å². The van der Waals surface area contributed by atoms with Gasteiger partial charge in [-0.2, -0.15) is 0 Å². The van der Waals surface area contributed by atoms with Crippen LogP contribution in [0, 0.1) is 19.8 Å². The highest BCUT2D eigenvalue weighted by atomic mass is 16.5. The summed E-state index contributed by atoms with van der Waals surface area (Å²) in [7, 11) is 1.91. The molecule has 2 aromatic carbocycles. The van der Waals surface area contributed by atoms with Gasteiger partial charge in [0.05, 0.1) is 6.04 Å². The summed E-state index contributed by atoms with van der Waals surface area (Å²) in [5, 5.41) is 11.0. The minimum absolute atomic E-state index is 0.00649. The number of rotatable bonds is 5. The van der Waals surface area contributed by atoms with Crippen LogP contribution >= 0.6 is 0 Å². The Bertz CT molecular complexity index is 1270. The lowest BCUT2D eigenvalue weighted by Crippen LogP contribution is -2.68. The minimum atomic E-state index is -0.160. The highest BCUT2D eigenvalue weighted by Gasteiger charge is 2.66. The predicted molar refractivity (Wildman–Crippen MR) is 142 cm³/mol. The zero-order chi connectivity index (χ0) is 25.2. The maximum atomic E-state index is 13.4. The number of likely N-dealkylation sites (tertiary alicyclic amines) is 1. The van der Waals surface area contributed by atoms with Gasteiger partial charge in [-0.3, -0.25) is 9.69 Å². The van der Waals surface area contributed by atoms with E-state index in [1.54, 1.807) is 6.08 Å². The lowest BCUT2D eigenvalue weighted by molar-refractivity contribution is -0.135. The average molecular weight is 485 g/mol. The molecule has 5 atom stereocenters. The maximum Gasteiger partial charge on any atom is 0.246 e. The van der Waals surface area contributed by atoms with Gasteiger partial charge in [0.2, 0.25) is 5.91 Å². The second-order valence-corrected chi connectivity index (χ2v) is 11.2. The van der Waals surface area contributed by atoms with Crippen molar-refractivity contribution in [2.45, 2.75) is 63.1 Å². The molecule has 1 amide bonds. The second kappa shape index (κ2) is 8.52. The molecule has 0 aromatic heterocycles. The van der Waals surface area contributed by atoms with Gasteiger partial charge in [0, 0.05) is 36.7 Å². The number of hydrogen-bond donors (Lipinski definition) is 1. The van der Waals surface area contributed by atoms with E-state index in [0.717, 1.165) is 49.9 Å². The van der Waals surface area contributed by atoms with Crippen LogP contribution in [0.15, 0.2) is 49.1 Å². The van der Waals surface area contributed by atoms with Gasteiger partial charge in [0.25, 0.3) is 0 Å². The van der Waals surface area contributed by atoms with Crippen LogP contribution in [-0.4, -0.2) is 59.1 Å². The molecule has 188 valence electrons. The minimum Gasteiger partial charge on any atom is -0.504 e. The zero-order valence-electron chi connectivity index (χ0n) is 21.5. The van der Waals surface area contributed by atoms with E-state index in [9.17, 15) is 9.90 Å². The number of ether oxygens (including phenoxy) is 1. The molecule has 2 bridgehead atoms. The van der Waals surface area contributed by atoms with E-state index in [4.69, 9.17) is 4.74 Å². The lowest BCUT2D eigenvalue weighted by Gasteiger charge is -2.60. The number of carbonyl (C=O) groups is 1. The summed E-state index contributed by atoms with van der Waals surface area (Å²) in [5.74, 6) is 1.36. The van der Waals surface area contributed by atoms with E-state index >= 15 is 0 Å². The van der Waals surface area contributed by atoms with Gasteiger partial charge in [-0.1, -0.05) is 35.9 Å². The molecule has 1 saturated carbocycles. The van der Waals surface area contributed by atoms with Crippen LogP contribution < -0.4 is 4.74 Å². The number of benzene rings is 2. The van der Waals surface area contributed by atoms with Gasteiger partial charge >= 0.3 is 0 Å². The van der Waals surface area contributed by atoms with Crippen molar-refractivity contribution in [3.05, 3.63) is 76.9 Å². The Morgan fingerprint density at radius 3 is 2.92 bits per heavy atom. The van der Waals surface area contributed by atoms with E-state index in [1.165, 1.54) is 16.7 Å². The molecule has 2 heterocycles. The monoisotopic (exact) mass is 484 g/mol. The quantitative estimate of drug-likeness (QED) is 0.491. The standard InChI is InChI=1S/C31H36N2O3/c1-5-14-33-15-13-31-23-10-11-24(32(4)27(35)12-9-21-8-6-7-19(2)16-21)30(31)36-29-26(34)17-20(3)22(28(29)31)18-25(23)33/h5-9,12,16-17,23-25,30,34H,1,10-11,13-15,18H2,2-4H3/t23-,24+,25+,30-,31-/m0/s1.